The number of carbonyl (C=O) groups is 1. The Morgan fingerprint density at radius 2 is 1.56 bits per heavy atom. The van der Waals surface area contributed by atoms with E-state index in [-0.39, 0.29) is 16.7 Å². The van der Waals surface area contributed by atoms with Crippen LogP contribution < -0.4 is 5.43 Å². The predicted molar refractivity (Wildman–Crippen MR) is 115 cm³/mol. The van der Waals surface area contributed by atoms with Gasteiger partial charge in [0.05, 0.1) is 11.8 Å². The number of hydrazone groups is 1. The topological polar surface area (TPSA) is 61.7 Å². The third kappa shape index (κ3) is 5.19. The number of carbonyl (C=O) groups excluding carboxylic acids is 1. The Morgan fingerprint density at radius 1 is 1.04 bits per heavy atom. The van der Waals surface area contributed by atoms with Crippen LogP contribution >= 0.6 is 15.9 Å². The van der Waals surface area contributed by atoms with E-state index in [1.165, 1.54) is 0 Å². The maximum atomic E-state index is 12.3. The van der Waals surface area contributed by atoms with Crippen molar-refractivity contribution >= 4 is 28.1 Å². The lowest BCUT2D eigenvalue weighted by atomic mass is 9.78. The summed E-state index contributed by atoms with van der Waals surface area (Å²) >= 11 is 3.36. The first kappa shape index (κ1) is 21.2. The number of nitrogens with zero attached hydrogens (tertiary/aromatic N) is 1. The molecule has 4 nitrogen and oxygen atoms in total. The van der Waals surface area contributed by atoms with Crippen LogP contribution in [0.15, 0.2) is 46.0 Å². The van der Waals surface area contributed by atoms with Crippen molar-refractivity contribution in [2.24, 2.45) is 5.10 Å². The quantitative estimate of drug-likeness (QED) is 0.497. The first-order valence-electron chi connectivity index (χ1n) is 8.87. The SMILES string of the molecule is CC(C)(C)c1cc(/C=N/NC(=O)c2ccccc2Br)cc(C(C)(C)C)c1O. The van der Waals surface area contributed by atoms with Crippen molar-refractivity contribution in [2.75, 3.05) is 0 Å². The van der Waals surface area contributed by atoms with Crippen molar-refractivity contribution in [3.05, 3.63) is 63.1 Å². The van der Waals surface area contributed by atoms with Gasteiger partial charge in [-0.05, 0) is 56.6 Å². The van der Waals surface area contributed by atoms with Crippen LogP contribution in [0, 0.1) is 0 Å². The third-order valence-electron chi connectivity index (χ3n) is 4.25. The first-order chi connectivity index (χ1) is 12.4. The molecule has 0 radical (unpaired) electrons. The van der Waals surface area contributed by atoms with Gasteiger partial charge in [-0.15, -0.1) is 0 Å². The minimum Gasteiger partial charge on any atom is -0.507 e. The molecule has 0 heterocycles. The average Bonchev–Trinajstić information content (AvgIpc) is 2.54. The Bertz CT molecular complexity index is 840. The lowest BCUT2D eigenvalue weighted by Crippen LogP contribution is -2.19. The van der Waals surface area contributed by atoms with Crippen LogP contribution in [0.5, 0.6) is 5.75 Å². The number of hydrogen-bond donors (Lipinski definition) is 2. The van der Waals surface area contributed by atoms with E-state index in [9.17, 15) is 9.90 Å². The van der Waals surface area contributed by atoms with Gasteiger partial charge in [-0.25, -0.2) is 5.43 Å². The molecule has 0 aliphatic heterocycles. The molecule has 27 heavy (non-hydrogen) atoms. The van der Waals surface area contributed by atoms with Crippen LogP contribution in [0.4, 0.5) is 0 Å². The summed E-state index contributed by atoms with van der Waals surface area (Å²) in [6.45, 7) is 12.4. The standard InChI is InChI=1S/C22H27BrN2O2/c1-21(2,3)16-11-14(12-17(19(16)26)22(4,5)6)13-24-25-20(27)15-9-7-8-10-18(15)23/h7-13,26H,1-6H3,(H,25,27)/b24-13+. The fourth-order valence-corrected chi connectivity index (χ4v) is 3.21. The number of benzene rings is 2. The molecule has 1 amide bonds. The van der Waals surface area contributed by atoms with Crippen LogP contribution in [-0.4, -0.2) is 17.2 Å². The van der Waals surface area contributed by atoms with Gasteiger partial charge >= 0.3 is 0 Å². The molecular formula is C22H27BrN2O2. The van der Waals surface area contributed by atoms with Crippen molar-refractivity contribution in [3.63, 3.8) is 0 Å². The molecule has 2 aromatic carbocycles. The molecule has 5 heteroatoms. The summed E-state index contributed by atoms with van der Waals surface area (Å²) in [6.07, 6.45) is 1.61. The number of nitrogens with one attached hydrogen (secondary N) is 1. The highest BCUT2D eigenvalue weighted by Gasteiger charge is 2.26. The zero-order valence-corrected chi connectivity index (χ0v) is 18.3. The number of phenolic OH excluding ortho intramolecular Hbond substituents is 1. The fraction of sp³-hybridized carbons (Fsp3) is 0.364. The van der Waals surface area contributed by atoms with Crippen LogP contribution in [0.1, 0.15) is 68.6 Å². The Kier molecular flexibility index (Phi) is 6.15. The molecular weight excluding hydrogens is 404 g/mol. The molecule has 2 N–H and O–H groups in total. The van der Waals surface area contributed by atoms with E-state index in [0.717, 1.165) is 16.7 Å². The number of halogens is 1. The molecule has 144 valence electrons. The highest BCUT2D eigenvalue weighted by Crippen LogP contribution is 2.39. The van der Waals surface area contributed by atoms with Crippen LogP contribution in [0.3, 0.4) is 0 Å². The van der Waals surface area contributed by atoms with E-state index in [1.807, 2.05) is 24.3 Å². The van der Waals surface area contributed by atoms with Gasteiger partial charge in [0.1, 0.15) is 5.75 Å². The molecule has 0 saturated carbocycles. The van der Waals surface area contributed by atoms with Crippen molar-refractivity contribution in [1.82, 2.24) is 5.43 Å². The molecule has 0 fully saturated rings. The highest BCUT2D eigenvalue weighted by molar-refractivity contribution is 9.10. The number of rotatable bonds is 3. The predicted octanol–water partition coefficient (Wildman–Crippen LogP) is 5.51. The highest BCUT2D eigenvalue weighted by atomic mass is 79.9. The van der Waals surface area contributed by atoms with Gasteiger partial charge in [0.25, 0.3) is 5.91 Å². The second kappa shape index (κ2) is 7.85. The van der Waals surface area contributed by atoms with Gasteiger partial charge in [-0.3, -0.25) is 4.79 Å². The molecule has 0 atom stereocenters. The van der Waals surface area contributed by atoms with Crippen LogP contribution in [0.2, 0.25) is 0 Å². The monoisotopic (exact) mass is 430 g/mol. The minimum atomic E-state index is -0.287. The van der Waals surface area contributed by atoms with Gasteiger partial charge in [0, 0.05) is 15.6 Å². The number of aromatic hydroxyl groups is 1. The van der Waals surface area contributed by atoms with E-state index in [1.54, 1.807) is 18.3 Å². The Hall–Kier alpha value is -2.14. The summed E-state index contributed by atoms with van der Waals surface area (Å²) in [5.41, 5.74) is 5.18. The number of amides is 1. The summed E-state index contributed by atoms with van der Waals surface area (Å²) in [4.78, 5) is 12.3. The van der Waals surface area contributed by atoms with E-state index in [4.69, 9.17) is 0 Å². The van der Waals surface area contributed by atoms with Gasteiger partial charge in [-0.1, -0.05) is 53.7 Å². The average molecular weight is 431 g/mol. The van der Waals surface area contributed by atoms with E-state index in [2.05, 4.69) is 68.0 Å². The second-order valence-corrected chi connectivity index (χ2v) is 9.50. The normalized spacial score (nSPS) is 12.4. The zero-order chi connectivity index (χ0) is 20.4. The maximum Gasteiger partial charge on any atom is 0.272 e. The summed E-state index contributed by atoms with van der Waals surface area (Å²) in [5.74, 6) is 0.0361. The Balaban J connectivity index is 2.34. The minimum absolute atomic E-state index is 0.216. The van der Waals surface area contributed by atoms with E-state index >= 15 is 0 Å². The molecule has 0 spiro atoms. The van der Waals surface area contributed by atoms with Crippen molar-refractivity contribution in [2.45, 2.75) is 52.4 Å². The van der Waals surface area contributed by atoms with Gasteiger partial charge in [0.2, 0.25) is 0 Å². The molecule has 0 aliphatic carbocycles. The van der Waals surface area contributed by atoms with Gasteiger partial charge < -0.3 is 5.11 Å². The maximum absolute atomic E-state index is 12.3. The van der Waals surface area contributed by atoms with Gasteiger partial charge in [0.15, 0.2) is 0 Å². The van der Waals surface area contributed by atoms with Crippen molar-refractivity contribution in [3.8, 4) is 5.75 Å². The smallest absolute Gasteiger partial charge is 0.272 e. The van der Waals surface area contributed by atoms with E-state index < -0.39 is 0 Å². The molecule has 0 aromatic heterocycles. The zero-order valence-electron chi connectivity index (χ0n) is 16.7. The van der Waals surface area contributed by atoms with Crippen LogP contribution in [0.25, 0.3) is 0 Å². The molecule has 0 saturated heterocycles. The van der Waals surface area contributed by atoms with Crippen molar-refractivity contribution in [1.29, 1.82) is 0 Å². The number of phenols is 1. The Morgan fingerprint density at radius 3 is 2.04 bits per heavy atom. The molecule has 0 aliphatic rings. The van der Waals surface area contributed by atoms with Gasteiger partial charge in [-0.2, -0.15) is 5.10 Å². The summed E-state index contributed by atoms with van der Waals surface area (Å²) in [6, 6.07) is 11.0. The molecule has 0 bridgehead atoms. The summed E-state index contributed by atoms with van der Waals surface area (Å²) in [7, 11) is 0. The Labute approximate surface area is 169 Å². The molecule has 0 unspecified atom stereocenters. The summed E-state index contributed by atoms with van der Waals surface area (Å²) < 4.78 is 0.715. The number of hydrogen-bond acceptors (Lipinski definition) is 3. The lowest BCUT2D eigenvalue weighted by Gasteiger charge is -2.27. The third-order valence-corrected chi connectivity index (χ3v) is 4.94. The van der Waals surface area contributed by atoms with E-state index in [0.29, 0.717) is 15.8 Å². The molecule has 2 aromatic rings. The molecule has 2 rings (SSSR count). The largest absolute Gasteiger partial charge is 0.507 e. The first-order valence-corrected chi connectivity index (χ1v) is 9.66. The second-order valence-electron chi connectivity index (χ2n) is 8.64. The summed E-state index contributed by atoms with van der Waals surface area (Å²) in [5, 5.41) is 14.9. The lowest BCUT2D eigenvalue weighted by molar-refractivity contribution is 0.0954. The van der Waals surface area contributed by atoms with Crippen molar-refractivity contribution < 1.29 is 9.90 Å². The van der Waals surface area contributed by atoms with Crippen LogP contribution in [-0.2, 0) is 10.8 Å². The fourth-order valence-electron chi connectivity index (χ4n) is 2.75.